The van der Waals surface area contributed by atoms with Crippen molar-refractivity contribution in [2.24, 2.45) is 0 Å². The van der Waals surface area contributed by atoms with Gasteiger partial charge in [0.2, 0.25) is 0 Å². The van der Waals surface area contributed by atoms with Crippen molar-refractivity contribution in [3.63, 3.8) is 0 Å². The fraction of sp³-hybridized carbons (Fsp3) is 0.533. The van der Waals surface area contributed by atoms with Crippen LogP contribution in [0.3, 0.4) is 0 Å². The van der Waals surface area contributed by atoms with Crippen molar-refractivity contribution in [1.29, 1.82) is 0 Å². The van der Waals surface area contributed by atoms with E-state index in [1.165, 1.54) is 5.56 Å². The second kappa shape index (κ2) is 6.01. The van der Waals surface area contributed by atoms with Crippen LogP contribution < -0.4 is 5.32 Å². The largest absolute Gasteiger partial charge is 0.480 e. The van der Waals surface area contributed by atoms with Crippen LogP contribution in [0.25, 0.3) is 0 Å². The smallest absolute Gasteiger partial charge is 0.325 e. The first kappa shape index (κ1) is 14.7. The topological polar surface area (TPSA) is 49.3 Å². The number of nitrogens with one attached hydrogen (secondary N) is 1. The van der Waals surface area contributed by atoms with Gasteiger partial charge in [0.05, 0.1) is 0 Å². The average Bonchev–Trinajstić information content (AvgIpc) is 2.28. The third-order valence-electron chi connectivity index (χ3n) is 2.96. The van der Waals surface area contributed by atoms with E-state index in [9.17, 15) is 9.90 Å². The van der Waals surface area contributed by atoms with Crippen molar-refractivity contribution in [3.8, 4) is 0 Å². The van der Waals surface area contributed by atoms with Gasteiger partial charge in [-0.3, -0.25) is 4.79 Å². The molecule has 0 radical (unpaired) electrons. The molecule has 0 aliphatic carbocycles. The number of rotatable bonds is 5. The molecule has 0 heterocycles. The van der Waals surface area contributed by atoms with E-state index in [4.69, 9.17) is 0 Å². The minimum Gasteiger partial charge on any atom is -0.480 e. The zero-order chi connectivity index (χ0) is 13.8. The lowest BCUT2D eigenvalue weighted by Gasteiger charge is -2.20. The Morgan fingerprint density at radius 2 is 1.83 bits per heavy atom. The van der Waals surface area contributed by atoms with Crippen molar-refractivity contribution in [2.75, 3.05) is 6.54 Å². The summed E-state index contributed by atoms with van der Waals surface area (Å²) in [7, 11) is 0. The fourth-order valence-electron chi connectivity index (χ4n) is 1.81. The highest BCUT2D eigenvalue weighted by Crippen LogP contribution is 2.24. The molecule has 0 saturated heterocycles. The molecule has 3 heteroatoms. The predicted octanol–water partition coefficient (Wildman–Crippen LogP) is 3.11. The Morgan fingerprint density at radius 3 is 2.22 bits per heavy atom. The van der Waals surface area contributed by atoms with Crippen LogP contribution in [0, 0.1) is 0 Å². The first-order valence-corrected chi connectivity index (χ1v) is 6.43. The minimum atomic E-state index is -0.827. The van der Waals surface area contributed by atoms with Gasteiger partial charge in [0.1, 0.15) is 6.04 Å². The molecule has 0 aliphatic heterocycles. The van der Waals surface area contributed by atoms with Gasteiger partial charge in [-0.2, -0.15) is 0 Å². The molecule has 1 aromatic carbocycles. The zero-order valence-corrected chi connectivity index (χ0v) is 11.7. The van der Waals surface area contributed by atoms with Gasteiger partial charge in [-0.05, 0) is 29.5 Å². The monoisotopic (exact) mass is 249 g/mol. The Morgan fingerprint density at radius 1 is 1.28 bits per heavy atom. The molecular weight excluding hydrogens is 226 g/mol. The molecule has 1 aromatic rings. The molecule has 0 bridgehead atoms. The molecule has 0 fully saturated rings. The van der Waals surface area contributed by atoms with Gasteiger partial charge in [-0.25, -0.2) is 0 Å². The van der Waals surface area contributed by atoms with E-state index in [-0.39, 0.29) is 5.41 Å². The molecule has 0 saturated carbocycles. The number of carboxylic acid groups (broad SMARTS) is 1. The van der Waals surface area contributed by atoms with Crippen LogP contribution in [0.5, 0.6) is 0 Å². The van der Waals surface area contributed by atoms with Gasteiger partial charge in [0, 0.05) is 0 Å². The molecule has 3 nitrogen and oxygen atoms in total. The fourth-order valence-corrected chi connectivity index (χ4v) is 1.81. The maximum Gasteiger partial charge on any atom is 0.325 e. The molecule has 0 aromatic heterocycles. The van der Waals surface area contributed by atoms with E-state index in [1.54, 1.807) is 0 Å². The summed E-state index contributed by atoms with van der Waals surface area (Å²) in [5.41, 5.74) is 2.11. The van der Waals surface area contributed by atoms with Crippen LogP contribution in [0.15, 0.2) is 24.3 Å². The van der Waals surface area contributed by atoms with Crippen LogP contribution in [0.2, 0.25) is 0 Å². The standard InChI is InChI=1S/C15H23NO2/c1-5-10-16-13(14(17)18)11-6-8-12(9-7-11)15(2,3)4/h6-9,13,16H,5,10H2,1-4H3,(H,17,18). The number of hydrogen-bond acceptors (Lipinski definition) is 2. The third kappa shape index (κ3) is 3.84. The summed E-state index contributed by atoms with van der Waals surface area (Å²) in [5, 5.41) is 12.3. The molecule has 100 valence electrons. The van der Waals surface area contributed by atoms with Crippen LogP contribution in [-0.2, 0) is 10.2 Å². The normalized spacial score (nSPS) is 13.3. The first-order chi connectivity index (χ1) is 8.36. The highest BCUT2D eigenvalue weighted by atomic mass is 16.4. The van der Waals surface area contributed by atoms with Gasteiger partial charge < -0.3 is 10.4 Å². The van der Waals surface area contributed by atoms with Gasteiger partial charge in [-0.15, -0.1) is 0 Å². The van der Waals surface area contributed by atoms with Crippen molar-refractivity contribution in [1.82, 2.24) is 5.32 Å². The van der Waals surface area contributed by atoms with E-state index >= 15 is 0 Å². The maximum absolute atomic E-state index is 11.2. The van der Waals surface area contributed by atoms with Gasteiger partial charge in [0.15, 0.2) is 0 Å². The highest BCUT2D eigenvalue weighted by Gasteiger charge is 2.20. The molecule has 18 heavy (non-hydrogen) atoms. The average molecular weight is 249 g/mol. The summed E-state index contributed by atoms with van der Waals surface area (Å²) in [4.78, 5) is 11.2. The van der Waals surface area contributed by atoms with E-state index < -0.39 is 12.0 Å². The van der Waals surface area contributed by atoms with Crippen LogP contribution in [0.1, 0.15) is 51.3 Å². The summed E-state index contributed by atoms with van der Waals surface area (Å²) in [6.45, 7) is 9.16. The molecule has 1 atom stereocenters. The quantitative estimate of drug-likeness (QED) is 0.843. The number of aliphatic carboxylic acids is 1. The number of hydrogen-bond donors (Lipinski definition) is 2. The Hall–Kier alpha value is -1.35. The minimum absolute atomic E-state index is 0.0914. The summed E-state index contributed by atoms with van der Waals surface area (Å²) in [6.07, 6.45) is 0.920. The summed E-state index contributed by atoms with van der Waals surface area (Å²) < 4.78 is 0. The van der Waals surface area contributed by atoms with E-state index in [0.29, 0.717) is 6.54 Å². The van der Waals surface area contributed by atoms with Crippen molar-refractivity contribution < 1.29 is 9.90 Å². The summed E-state index contributed by atoms with van der Waals surface area (Å²) >= 11 is 0. The van der Waals surface area contributed by atoms with Gasteiger partial charge in [0.25, 0.3) is 0 Å². The third-order valence-corrected chi connectivity index (χ3v) is 2.96. The van der Waals surface area contributed by atoms with Crippen LogP contribution in [-0.4, -0.2) is 17.6 Å². The second-order valence-electron chi connectivity index (χ2n) is 5.60. The molecule has 2 N–H and O–H groups in total. The Kier molecular flexibility index (Phi) is 4.91. The Bertz CT molecular complexity index is 390. The molecule has 0 amide bonds. The first-order valence-electron chi connectivity index (χ1n) is 6.43. The van der Waals surface area contributed by atoms with Crippen LogP contribution >= 0.6 is 0 Å². The van der Waals surface area contributed by atoms with Gasteiger partial charge >= 0.3 is 5.97 Å². The van der Waals surface area contributed by atoms with E-state index in [1.807, 2.05) is 31.2 Å². The Balaban J connectivity index is 2.90. The summed E-state index contributed by atoms with van der Waals surface area (Å²) in [6, 6.07) is 7.22. The van der Waals surface area contributed by atoms with Gasteiger partial charge in [-0.1, -0.05) is 52.0 Å². The lowest BCUT2D eigenvalue weighted by atomic mass is 9.86. The van der Waals surface area contributed by atoms with E-state index in [2.05, 4.69) is 26.1 Å². The van der Waals surface area contributed by atoms with Crippen molar-refractivity contribution in [2.45, 2.75) is 45.6 Å². The maximum atomic E-state index is 11.2. The molecule has 0 spiro atoms. The second-order valence-corrected chi connectivity index (χ2v) is 5.60. The predicted molar refractivity (Wildman–Crippen MR) is 73.8 cm³/mol. The summed E-state index contributed by atoms with van der Waals surface area (Å²) in [5.74, 6) is -0.827. The lowest BCUT2D eigenvalue weighted by Crippen LogP contribution is -2.29. The van der Waals surface area contributed by atoms with Crippen molar-refractivity contribution >= 4 is 5.97 Å². The van der Waals surface area contributed by atoms with Crippen LogP contribution in [0.4, 0.5) is 0 Å². The molecule has 0 aliphatic rings. The number of benzene rings is 1. The lowest BCUT2D eigenvalue weighted by molar-refractivity contribution is -0.139. The number of carboxylic acids is 1. The molecular formula is C15H23NO2. The Labute approximate surface area is 109 Å². The molecule has 1 unspecified atom stereocenters. The number of carbonyl (C=O) groups is 1. The zero-order valence-electron chi connectivity index (χ0n) is 11.7. The highest BCUT2D eigenvalue weighted by molar-refractivity contribution is 5.75. The molecule has 1 rings (SSSR count). The van der Waals surface area contributed by atoms with E-state index in [0.717, 1.165) is 12.0 Å². The SMILES string of the molecule is CCCNC(C(=O)O)c1ccc(C(C)(C)C)cc1. The van der Waals surface area contributed by atoms with Crippen molar-refractivity contribution in [3.05, 3.63) is 35.4 Å².